The van der Waals surface area contributed by atoms with E-state index in [0.717, 1.165) is 5.56 Å². The third-order valence-corrected chi connectivity index (χ3v) is 5.63. The van der Waals surface area contributed by atoms with Crippen molar-refractivity contribution in [1.29, 1.82) is 0 Å². The first-order chi connectivity index (χ1) is 15.2. The fourth-order valence-electron chi connectivity index (χ4n) is 3.89. The molecule has 1 atom stereocenters. The average Bonchev–Trinajstić information content (AvgIpc) is 3.03. The van der Waals surface area contributed by atoms with Crippen LogP contribution in [0.2, 0.25) is 0 Å². The number of pyridine rings is 1. The van der Waals surface area contributed by atoms with Gasteiger partial charge in [-0.15, -0.1) is 0 Å². The molecule has 1 aromatic carbocycles. The summed E-state index contributed by atoms with van der Waals surface area (Å²) in [6, 6.07) is 8.28. The number of Topliss-reactive ketones (excluding diaryl/α,β-unsaturated/α-hetero) is 1. The van der Waals surface area contributed by atoms with Gasteiger partial charge in [-0.25, -0.2) is 0 Å². The molecule has 1 fully saturated rings. The molecule has 2 heterocycles. The summed E-state index contributed by atoms with van der Waals surface area (Å²) in [7, 11) is 3.09. The van der Waals surface area contributed by atoms with Crippen LogP contribution in [0.1, 0.15) is 49.9 Å². The fraction of sp³-hybridized carbons (Fsp3) is 0.400. The van der Waals surface area contributed by atoms with Gasteiger partial charge in [0.2, 0.25) is 0 Å². The number of hydrogen-bond donors (Lipinski definition) is 1. The molecule has 0 radical (unpaired) electrons. The average molecular weight is 439 g/mol. The first-order valence-corrected chi connectivity index (χ1v) is 10.6. The van der Waals surface area contributed by atoms with Crippen LogP contribution in [0.5, 0.6) is 5.75 Å². The summed E-state index contributed by atoms with van der Waals surface area (Å²) in [6.07, 6.45) is 3.77. The van der Waals surface area contributed by atoms with Gasteiger partial charge in [-0.3, -0.25) is 14.6 Å². The van der Waals surface area contributed by atoms with Crippen molar-refractivity contribution in [2.24, 2.45) is 0 Å². The second kappa shape index (κ2) is 9.53. The Kier molecular flexibility index (Phi) is 6.99. The monoisotopic (exact) mass is 438 g/mol. The zero-order valence-electron chi connectivity index (χ0n) is 19.2. The highest BCUT2D eigenvalue weighted by molar-refractivity contribution is 6.46. The van der Waals surface area contributed by atoms with Gasteiger partial charge in [0, 0.05) is 32.7 Å². The normalized spacial score (nSPS) is 18.3. The van der Waals surface area contributed by atoms with Crippen molar-refractivity contribution in [1.82, 2.24) is 9.88 Å². The lowest BCUT2D eigenvalue weighted by molar-refractivity contribution is -0.140. The Bertz CT molecular complexity index is 1020. The number of methoxy groups -OCH3 is 2. The fourth-order valence-corrected chi connectivity index (χ4v) is 3.89. The number of nitrogens with zero attached hydrogens (tertiary/aromatic N) is 2. The molecule has 1 aliphatic rings. The first kappa shape index (κ1) is 23.5. The van der Waals surface area contributed by atoms with Gasteiger partial charge in [0.15, 0.2) is 0 Å². The van der Waals surface area contributed by atoms with Crippen LogP contribution >= 0.6 is 0 Å². The molecule has 3 rings (SSSR count). The molecule has 1 saturated heterocycles. The number of amides is 1. The molecule has 1 aliphatic heterocycles. The molecule has 0 spiro atoms. The van der Waals surface area contributed by atoms with Crippen LogP contribution in [0, 0.1) is 0 Å². The van der Waals surface area contributed by atoms with Gasteiger partial charge >= 0.3 is 0 Å². The van der Waals surface area contributed by atoms with Gasteiger partial charge in [-0.2, -0.15) is 0 Å². The number of rotatable bonds is 7. The number of hydrogen-bond acceptors (Lipinski definition) is 6. The highest BCUT2D eigenvalue weighted by Gasteiger charge is 2.46. The SMILES string of the molecule is COCCCN1C(=O)C(=O)/C(=C(/O)c2cc(C(C)(C)C)ccc2OC)C1c1ccncc1. The third-order valence-electron chi connectivity index (χ3n) is 5.63. The molecule has 1 aromatic heterocycles. The van der Waals surface area contributed by atoms with E-state index in [1.165, 1.54) is 12.0 Å². The molecule has 1 N–H and O–H groups in total. The third kappa shape index (κ3) is 4.53. The predicted octanol–water partition coefficient (Wildman–Crippen LogP) is 3.85. The minimum atomic E-state index is -0.724. The van der Waals surface area contributed by atoms with E-state index in [4.69, 9.17) is 9.47 Å². The highest BCUT2D eigenvalue weighted by Crippen LogP contribution is 2.41. The molecule has 2 aromatic rings. The second-order valence-electron chi connectivity index (χ2n) is 8.78. The Morgan fingerprint density at radius 1 is 1.12 bits per heavy atom. The number of aromatic nitrogens is 1. The first-order valence-electron chi connectivity index (χ1n) is 10.6. The van der Waals surface area contributed by atoms with Gasteiger partial charge < -0.3 is 19.5 Å². The lowest BCUT2D eigenvalue weighted by atomic mass is 9.85. The number of likely N-dealkylation sites (tertiary alicyclic amines) is 1. The van der Waals surface area contributed by atoms with Crippen molar-refractivity contribution >= 4 is 17.4 Å². The Morgan fingerprint density at radius 2 is 1.81 bits per heavy atom. The molecule has 0 bridgehead atoms. The molecule has 0 saturated carbocycles. The van der Waals surface area contributed by atoms with Gasteiger partial charge in [-0.1, -0.05) is 26.8 Å². The van der Waals surface area contributed by atoms with Crippen LogP contribution in [-0.4, -0.2) is 54.1 Å². The summed E-state index contributed by atoms with van der Waals surface area (Å²) in [5.74, 6) is -1.18. The van der Waals surface area contributed by atoms with Crippen molar-refractivity contribution in [3.05, 3.63) is 65.0 Å². The minimum absolute atomic E-state index is 0.0444. The number of ether oxygens (including phenoxy) is 2. The van der Waals surface area contributed by atoms with Gasteiger partial charge in [0.25, 0.3) is 11.7 Å². The molecule has 32 heavy (non-hydrogen) atoms. The number of carbonyl (C=O) groups is 2. The van der Waals surface area contributed by atoms with E-state index in [9.17, 15) is 14.7 Å². The zero-order valence-corrected chi connectivity index (χ0v) is 19.2. The molecular formula is C25H30N2O5. The predicted molar refractivity (Wildman–Crippen MR) is 121 cm³/mol. The van der Waals surface area contributed by atoms with Crippen LogP contribution in [0.15, 0.2) is 48.3 Å². The molecular weight excluding hydrogens is 408 g/mol. The number of ketones is 1. The van der Waals surface area contributed by atoms with Gasteiger partial charge in [0.1, 0.15) is 11.5 Å². The highest BCUT2D eigenvalue weighted by atomic mass is 16.5. The number of benzene rings is 1. The van der Waals surface area contributed by atoms with Crippen LogP contribution in [0.3, 0.4) is 0 Å². The van der Waals surface area contributed by atoms with Gasteiger partial charge in [-0.05, 0) is 47.2 Å². The maximum atomic E-state index is 13.1. The Balaban J connectivity index is 2.20. The van der Waals surface area contributed by atoms with Crippen molar-refractivity contribution in [3.8, 4) is 5.75 Å². The van der Waals surface area contributed by atoms with Crippen LogP contribution in [0.4, 0.5) is 0 Å². The summed E-state index contributed by atoms with van der Waals surface area (Å²) in [5.41, 5.74) is 1.91. The summed E-state index contributed by atoms with van der Waals surface area (Å²) in [5, 5.41) is 11.4. The van der Waals surface area contributed by atoms with Crippen molar-refractivity contribution in [3.63, 3.8) is 0 Å². The maximum Gasteiger partial charge on any atom is 0.295 e. The largest absolute Gasteiger partial charge is 0.507 e. The van der Waals surface area contributed by atoms with Crippen molar-refractivity contribution in [2.75, 3.05) is 27.4 Å². The van der Waals surface area contributed by atoms with E-state index >= 15 is 0 Å². The summed E-state index contributed by atoms with van der Waals surface area (Å²) in [4.78, 5) is 31.6. The van der Waals surface area contributed by atoms with Crippen LogP contribution in [-0.2, 0) is 19.7 Å². The van der Waals surface area contributed by atoms with E-state index < -0.39 is 17.7 Å². The second-order valence-corrected chi connectivity index (χ2v) is 8.78. The zero-order chi connectivity index (χ0) is 23.5. The standard InChI is InChI=1S/C25H30N2O5/c1-25(2,3)17-7-8-19(32-5)18(15-17)22(28)20-21(16-9-11-26-12-10-16)27(13-6-14-31-4)24(30)23(20)29/h7-12,15,21,28H,6,13-14H2,1-5H3/b22-20+. The molecule has 170 valence electrons. The topological polar surface area (TPSA) is 89.0 Å². The summed E-state index contributed by atoms with van der Waals surface area (Å²) in [6.45, 7) is 6.95. The maximum absolute atomic E-state index is 13.1. The molecule has 7 heteroatoms. The summed E-state index contributed by atoms with van der Waals surface area (Å²) < 4.78 is 10.6. The minimum Gasteiger partial charge on any atom is -0.507 e. The number of carbonyl (C=O) groups excluding carboxylic acids is 2. The van der Waals surface area contributed by atoms with Gasteiger partial charge in [0.05, 0.1) is 24.3 Å². The van der Waals surface area contributed by atoms with Crippen LogP contribution in [0.25, 0.3) is 5.76 Å². The quantitative estimate of drug-likeness (QED) is 0.306. The Hall–Kier alpha value is -3.19. The van der Waals surface area contributed by atoms with E-state index in [1.807, 2.05) is 12.1 Å². The lowest BCUT2D eigenvalue weighted by Gasteiger charge is -2.25. The van der Waals surface area contributed by atoms with Crippen molar-refractivity contribution < 1.29 is 24.2 Å². The Morgan fingerprint density at radius 3 is 2.41 bits per heavy atom. The van der Waals surface area contributed by atoms with Crippen molar-refractivity contribution in [2.45, 2.75) is 38.6 Å². The van der Waals surface area contributed by atoms with E-state index in [0.29, 0.717) is 36.4 Å². The number of aliphatic hydroxyl groups is 1. The van der Waals surface area contributed by atoms with E-state index in [2.05, 4.69) is 25.8 Å². The summed E-state index contributed by atoms with van der Waals surface area (Å²) >= 11 is 0. The van der Waals surface area contributed by atoms with E-state index in [-0.39, 0.29) is 16.7 Å². The molecule has 1 unspecified atom stereocenters. The number of aliphatic hydroxyl groups excluding tert-OH is 1. The van der Waals surface area contributed by atoms with Crippen LogP contribution < -0.4 is 4.74 Å². The van der Waals surface area contributed by atoms with E-state index in [1.54, 1.807) is 37.7 Å². The smallest absolute Gasteiger partial charge is 0.295 e. The Labute approximate surface area is 188 Å². The molecule has 7 nitrogen and oxygen atoms in total. The molecule has 0 aliphatic carbocycles. The molecule has 1 amide bonds. The lowest BCUT2D eigenvalue weighted by Crippen LogP contribution is -2.31.